The lowest BCUT2D eigenvalue weighted by atomic mass is 10.1. The first-order valence-corrected chi connectivity index (χ1v) is 7.65. The Hall–Kier alpha value is -0.620. The fraction of sp³-hybridized carbons (Fsp3) is 0.143. The third-order valence-corrected chi connectivity index (χ3v) is 4.02. The highest BCUT2D eigenvalue weighted by Gasteiger charge is 2.14. The minimum atomic E-state index is -0.700. The van der Waals surface area contributed by atoms with Crippen molar-refractivity contribution in [1.82, 2.24) is 0 Å². The third kappa shape index (κ3) is 3.52. The molecule has 0 saturated carbocycles. The van der Waals surface area contributed by atoms with Crippen LogP contribution in [0.25, 0.3) is 0 Å². The Morgan fingerprint density at radius 2 is 1.90 bits per heavy atom. The minimum absolute atomic E-state index is 0.00853. The molecule has 6 heteroatoms. The molecule has 0 amide bonds. The smallest absolute Gasteiger partial charge is 0.145 e. The molecule has 0 aliphatic rings. The fourth-order valence-corrected chi connectivity index (χ4v) is 2.70. The average molecular weight is 424 g/mol. The van der Waals surface area contributed by atoms with Crippen LogP contribution in [-0.4, -0.2) is 5.11 Å². The SMILES string of the molecule is CC(O)c1ccc(Br)cc1Oc1cc(F)c(Cl)cc1Br. The molecular weight excluding hydrogens is 414 g/mol. The molecule has 0 heterocycles. The van der Waals surface area contributed by atoms with Gasteiger partial charge in [-0.2, -0.15) is 0 Å². The highest BCUT2D eigenvalue weighted by atomic mass is 79.9. The molecule has 0 aromatic heterocycles. The minimum Gasteiger partial charge on any atom is -0.456 e. The van der Waals surface area contributed by atoms with Gasteiger partial charge in [0.2, 0.25) is 0 Å². The first-order chi connectivity index (χ1) is 9.38. The Kier molecular flexibility index (Phi) is 5.07. The van der Waals surface area contributed by atoms with E-state index < -0.39 is 11.9 Å². The van der Waals surface area contributed by atoms with Gasteiger partial charge in [-0.05, 0) is 41.1 Å². The molecule has 0 radical (unpaired) electrons. The molecule has 0 aliphatic carbocycles. The molecule has 106 valence electrons. The van der Waals surface area contributed by atoms with Crippen LogP contribution >= 0.6 is 43.5 Å². The summed E-state index contributed by atoms with van der Waals surface area (Å²) in [5.74, 6) is 0.155. The van der Waals surface area contributed by atoms with E-state index in [0.717, 1.165) is 4.47 Å². The molecule has 20 heavy (non-hydrogen) atoms. The van der Waals surface area contributed by atoms with Crippen molar-refractivity contribution in [3.63, 3.8) is 0 Å². The molecule has 0 fully saturated rings. The Balaban J connectivity index is 2.44. The predicted molar refractivity (Wildman–Crippen MR) is 84.0 cm³/mol. The molecule has 1 unspecified atom stereocenters. The number of hydrogen-bond donors (Lipinski definition) is 1. The Morgan fingerprint density at radius 1 is 1.20 bits per heavy atom. The second kappa shape index (κ2) is 6.43. The first-order valence-electron chi connectivity index (χ1n) is 5.68. The van der Waals surface area contributed by atoms with Gasteiger partial charge in [0.25, 0.3) is 0 Å². The summed E-state index contributed by atoms with van der Waals surface area (Å²) in [6, 6.07) is 7.86. The van der Waals surface area contributed by atoms with Crippen LogP contribution in [0.15, 0.2) is 39.3 Å². The lowest BCUT2D eigenvalue weighted by Gasteiger charge is -2.15. The Morgan fingerprint density at radius 3 is 2.55 bits per heavy atom. The van der Waals surface area contributed by atoms with Crippen molar-refractivity contribution in [1.29, 1.82) is 0 Å². The Bertz CT molecular complexity index is 647. The molecule has 1 atom stereocenters. The predicted octanol–water partition coefficient (Wildman–Crippen LogP) is 5.85. The zero-order valence-electron chi connectivity index (χ0n) is 10.3. The van der Waals surface area contributed by atoms with Crippen molar-refractivity contribution in [3.8, 4) is 11.5 Å². The third-order valence-electron chi connectivity index (χ3n) is 2.62. The molecule has 2 rings (SSSR count). The molecule has 0 saturated heterocycles. The van der Waals surface area contributed by atoms with Crippen LogP contribution in [0.1, 0.15) is 18.6 Å². The zero-order valence-corrected chi connectivity index (χ0v) is 14.3. The Labute approximate surface area is 137 Å². The number of aliphatic hydroxyl groups is 1. The molecular formula is C14H10Br2ClFO2. The summed E-state index contributed by atoms with van der Waals surface area (Å²) in [4.78, 5) is 0. The number of aliphatic hydroxyl groups excluding tert-OH is 1. The van der Waals surface area contributed by atoms with Gasteiger partial charge in [-0.15, -0.1) is 0 Å². The summed E-state index contributed by atoms with van der Waals surface area (Å²) in [6.45, 7) is 1.63. The van der Waals surface area contributed by atoms with Crippen molar-refractivity contribution in [2.24, 2.45) is 0 Å². The van der Waals surface area contributed by atoms with Crippen LogP contribution in [0, 0.1) is 5.82 Å². The fourth-order valence-electron chi connectivity index (χ4n) is 1.64. The standard InChI is InChI=1S/C14H10Br2ClFO2/c1-7(19)9-3-2-8(15)4-13(9)20-14-6-12(18)11(17)5-10(14)16/h2-7,19H,1H3. The molecule has 1 N–H and O–H groups in total. The number of rotatable bonds is 3. The summed E-state index contributed by atoms with van der Waals surface area (Å²) in [7, 11) is 0. The number of hydrogen-bond acceptors (Lipinski definition) is 2. The van der Waals surface area contributed by atoms with Gasteiger partial charge in [-0.1, -0.05) is 33.6 Å². The van der Waals surface area contributed by atoms with Gasteiger partial charge < -0.3 is 9.84 Å². The first kappa shape index (κ1) is 15.8. The van der Waals surface area contributed by atoms with Gasteiger partial charge in [0, 0.05) is 16.1 Å². The van der Waals surface area contributed by atoms with E-state index >= 15 is 0 Å². The van der Waals surface area contributed by atoms with Crippen LogP contribution in [-0.2, 0) is 0 Å². The van der Waals surface area contributed by atoms with Gasteiger partial charge in [-0.3, -0.25) is 0 Å². The highest BCUT2D eigenvalue weighted by molar-refractivity contribution is 9.10. The lowest BCUT2D eigenvalue weighted by molar-refractivity contribution is 0.195. The summed E-state index contributed by atoms with van der Waals surface area (Å²) < 4.78 is 20.5. The summed E-state index contributed by atoms with van der Waals surface area (Å²) >= 11 is 12.3. The monoisotopic (exact) mass is 422 g/mol. The molecule has 2 nitrogen and oxygen atoms in total. The van der Waals surface area contributed by atoms with Gasteiger partial charge in [0.05, 0.1) is 15.6 Å². The van der Waals surface area contributed by atoms with Crippen molar-refractivity contribution < 1.29 is 14.2 Å². The van der Waals surface area contributed by atoms with E-state index in [2.05, 4.69) is 31.9 Å². The van der Waals surface area contributed by atoms with E-state index in [1.54, 1.807) is 25.1 Å². The largest absolute Gasteiger partial charge is 0.456 e. The van der Waals surface area contributed by atoms with E-state index in [-0.39, 0.29) is 10.8 Å². The summed E-state index contributed by atoms with van der Waals surface area (Å²) in [6.07, 6.45) is -0.700. The second-order valence-electron chi connectivity index (χ2n) is 4.16. The summed E-state index contributed by atoms with van der Waals surface area (Å²) in [5, 5.41) is 9.75. The maximum absolute atomic E-state index is 13.5. The van der Waals surface area contributed by atoms with Crippen LogP contribution < -0.4 is 4.74 Å². The van der Waals surface area contributed by atoms with Crippen molar-refractivity contribution >= 4 is 43.5 Å². The summed E-state index contributed by atoms with van der Waals surface area (Å²) in [5.41, 5.74) is 0.607. The topological polar surface area (TPSA) is 29.5 Å². The number of benzene rings is 2. The van der Waals surface area contributed by atoms with Crippen molar-refractivity contribution in [3.05, 3.63) is 55.7 Å². The van der Waals surface area contributed by atoms with E-state index in [0.29, 0.717) is 15.8 Å². The van der Waals surface area contributed by atoms with Crippen LogP contribution in [0.3, 0.4) is 0 Å². The maximum Gasteiger partial charge on any atom is 0.145 e. The van der Waals surface area contributed by atoms with Gasteiger partial charge in [-0.25, -0.2) is 4.39 Å². The van der Waals surface area contributed by atoms with Crippen LogP contribution in [0.5, 0.6) is 11.5 Å². The van der Waals surface area contributed by atoms with Crippen molar-refractivity contribution in [2.75, 3.05) is 0 Å². The second-order valence-corrected chi connectivity index (χ2v) is 6.33. The van der Waals surface area contributed by atoms with Crippen molar-refractivity contribution in [2.45, 2.75) is 13.0 Å². The number of ether oxygens (including phenoxy) is 1. The van der Waals surface area contributed by atoms with Crippen LogP contribution in [0.4, 0.5) is 4.39 Å². The molecule has 2 aromatic rings. The highest BCUT2D eigenvalue weighted by Crippen LogP contribution is 2.37. The quantitative estimate of drug-likeness (QED) is 0.627. The van der Waals surface area contributed by atoms with E-state index in [4.69, 9.17) is 16.3 Å². The molecule has 0 spiro atoms. The van der Waals surface area contributed by atoms with Gasteiger partial charge >= 0.3 is 0 Å². The van der Waals surface area contributed by atoms with E-state index in [9.17, 15) is 9.50 Å². The normalized spacial score (nSPS) is 12.3. The number of halogens is 4. The van der Waals surface area contributed by atoms with E-state index in [1.807, 2.05) is 0 Å². The van der Waals surface area contributed by atoms with Gasteiger partial charge in [0.15, 0.2) is 0 Å². The maximum atomic E-state index is 13.5. The zero-order chi connectivity index (χ0) is 14.9. The van der Waals surface area contributed by atoms with Gasteiger partial charge in [0.1, 0.15) is 17.3 Å². The van der Waals surface area contributed by atoms with E-state index in [1.165, 1.54) is 12.1 Å². The molecule has 2 aromatic carbocycles. The van der Waals surface area contributed by atoms with Crippen LogP contribution in [0.2, 0.25) is 5.02 Å². The lowest BCUT2D eigenvalue weighted by Crippen LogP contribution is -1.97. The molecule has 0 bridgehead atoms. The molecule has 0 aliphatic heterocycles. The average Bonchev–Trinajstić information content (AvgIpc) is 2.35.